The van der Waals surface area contributed by atoms with Crippen LogP contribution in [0.15, 0.2) is 12.4 Å². The number of thiophene rings is 1. The predicted molar refractivity (Wildman–Crippen MR) is 78.6 cm³/mol. The fraction of sp³-hybridized carbons (Fsp3) is 0.417. The van der Waals surface area contributed by atoms with E-state index in [4.69, 9.17) is 0 Å². The van der Waals surface area contributed by atoms with Gasteiger partial charge in [0, 0.05) is 6.07 Å². The SMILES string of the molecule is CCCCC(Nc1ncnc2sc([N+](=O)[O-])cc12)C(=O)O. The molecule has 1 atom stereocenters. The van der Waals surface area contributed by atoms with Gasteiger partial charge in [-0.25, -0.2) is 14.8 Å². The van der Waals surface area contributed by atoms with Gasteiger partial charge in [0.25, 0.3) is 0 Å². The minimum atomic E-state index is -0.972. The van der Waals surface area contributed by atoms with Crippen molar-refractivity contribution in [2.75, 3.05) is 5.32 Å². The van der Waals surface area contributed by atoms with Gasteiger partial charge in [-0.2, -0.15) is 0 Å². The summed E-state index contributed by atoms with van der Waals surface area (Å²) in [4.78, 5) is 30.0. The van der Waals surface area contributed by atoms with Crippen molar-refractivity contribution in [3.8, 4) is 0 Å². The molecule has 2 aromatic rings. The number of carbonyl (C=O) groups is 1. The van der Waals surface area contributed by atoms with Crippen LogP contribution in [-0.2, 0) is 4.79 Å². The first kappa shape index (κ1) is 15.1. The Hall–Kier alpha value is -2.29. The van der Waals surface area contributed by atoms with Gasteiger partial charge in [-0.3, -0.25) is 10.1 Å². The third-order valence-electron chi connectivity index (χ3n) is 2.95. The van der Waals surface area contributed by atoms with E-state index in [1.165, 1.54) is 12.4 Å². The number of anilines is 1. The zero-order chi connectivity index (χ0) is 15.4. The highest BCUT2D eigenvalue weighted by Crippen LogP contribution is 2.33. The fourth-order valence-corrected chi connectivity index (χ4v) is 2.69. The normalized spacial score (nSPS) is 12.2. The van der Waals surface area contributed by atoms with Gasteiger partial charge in [0.2, 0.25) is 0 Å². The molecule has 0 aliphatic heterocycles. The van der Waals surface area contributed by atoms with E-state index in [9.17, 15) is 20.0 Å². The van der Waals surface area contributed by atoms with Crippen LogP contribution in [0, 0.1) is 10.1 Å². The summed E-state index contributed by atoms with van der Waals surface area (Å²) < 4.78 is 0. The van der Waals surface area contributed by atoms with Gasteiger partial charge in [0.05, 0.1) is 10.3 Å². The zero-order valence-electron chi connectivity index (χ0n) is 11.3. The number of aromatic nitrogens is 2. The van der Waals surface area contributed by atoms with E-state index >= 15 is 0 Å². The third-order valence-corrected chi connectivity index (χ3v) is 3.95. The van der Waals surface area contributed by atoms with Gasteiger partial charge >= 0.3 is 11.0 Å². The molecular formula is C12H14N4O4S. The Kier molecular flexibility index (Phi) is 4.63. The number of hydrogen-bond donors (Lipinski definition) is 2. The number of unbranched alkanes of at least 4 members (excludes halogenated alkanes) is 1. The van der Waals surface area contributed by atoms with Crippen molar-refractivity contribution in [3.05, 3.63) is 22.5 Å². The molecule has 1 unspecified atom stereocenters. The minimum Gasteiger partial charge on any atom is -0.480 e. The number of nitro groups is 1. The Morgan fingerprint density at radius 3 is 2.95 bits per heavy atom. The maximum atomic E-state index is 11.2. The number of nitrogens with zero attached hydrogens (tertiary/aromatic N) is 3. The summed E-state index contributed by atoms with van der Waals surface area (Å²) in [6.07, 6.45) is 3.38. The lowest BCUT2D eigenvalue weighted by atomic mass is 10.1. The highest BCUT2D eigenvalue weighted by molar-refractivity contribution is 7.21. The molecule has 0 aliphatic rings. The molecule has 0 aromatic carbocycles. The van der Waals surface area contributed by atoms with Crippen LogP contribution in [-0.4, -0.2) is 32.0 Å². The van der Waals surface area contributed by atoms with Crippen molar-refractivity contribution in [1.29, 1.82) is 0 Å². The lowest BCUT2D eigenvalue weighted by molar-refractivity contribution is -0.380. The zero-order valence-corrected chi connectivity index (χ0v) is 12.1. The predicted octanol–water partition coefficient (Wildman–Crippen LogP) is 2.65. The Labute approximate surface area is 124 Å². The number of carboxylic acids is 1. The smallest absolute Gasteiger partial charge is 0.326 e. The third kappa shape index (κ3) is 3.43. The minimum absolute atomic E-state index is 0.0472. The van der Waals surface area contributed by atoms with Crippen molar-refractivity contribution >= 4 is 38.3 Å². The molecule has 8 nitrogen and oxygen atoms in total. The first-order chi connectivity index (χ1) is 10.0. The molecule has 21 heavy (non-hydrogen) atoms. The van der Waals surface area contributed by atoms with Crippen molar-refractivity contribution in [2.24, 2.45) is 0 Å². The summed E-state index contributed by atoms with van der Waals surface area (Å²) in [5.41, 5.74) is 0. The van der Waals surface area contributed by atoms with Crippen LogP contribution in [0.1, 0.15) is 26.2 Å². The summed E-state index contributed by atoms with van der Waals surface area (Å²) >= 11 is 0.935. The van der Waals surface area contributed by atoms with E-state index in [1.807, 2.05) is 6.92 Å². The summed E-state index contributed by atoms with van der Waals surface area (Å²) in [6, 6.07) is 0.586. The quantitative estimate of drug-likeness (QED) is 0.596. The first-order valence-corrected chi connectivity index (χ1v) is 7.22. The van der Waals surface area contributed by atoms with Crippen LogP contribution in [0.3, 0.4) is 0 Å². The van der Waals surface area contributed by atoms with Crippen LogP contribution < -0.4 is 5.32 Å². The molecule has 2 aromatic heterocycles. The Morgan fingerprint density at radius 2 is 2.33 bits per heavy atom. The topological polar surface area (TPSA) is 118 Å². The van der Waals surface area contributed by atoms with Gasteiger partial charge in [-0.05, 0) is 17.8 Å². The van der Waals surface area contributed by atoms with Gasteiger partial charge in [0.1, 0.15) is 23.0 Å². The van der Waals surface area contributed by atoms with Gasteiger partial charge in [-0.15, -0.1) is 0 Å². The summed E-state index contributed by atoms with van der Waals surface area (Å²) in [5.74, 6) is -0.659. The summed E-state index contributed by atoms with van der Waals surface area (Å²) in [5, 5.41) is 23.3. The number of aliphatic carboxylic acids is 1. The van der Waals surface area contributed by atoms with E-state index in [0.29, 0.717) is 22.5 Å². The average Bonchev–Trinajstić information content (AvgIpc) is 2.88. The molecule has 0 saturated heterocycles. The number of fused-ring (bicyclic) bond motifs is 1. The standard InChI is InChI=1S/C12H14N4O4S/c1-2-3-4-8(12(17)18)15-10-7-5-9(16(19)20)21-11(7)14-6-13-10/h5-6,8H,2-4H2,1H3,(H,17,18)(H,13,14,15). The maximum absolute atomic E-state index is 11.2. The van der Waals surface area contributed by atoms with Gasteiger partial charge in [0.15, 0.2) is 0 Å². The Morgan fingerprint density at radius 1 is 1.57 bits per heavy atom. The summed E-state index contributed by atoms with van der Waals surface area (Å²) in [6.45, 7) is 1.98. The van der Waals surface area contributed by atoms with Crippen LogP contribution >= 0.6 is 11.3 Å². The van der Waals surface area contributed by atoms with Gasteiger partial charge < -0.3 is 10.4 Å². The second kappa shape index (κ2) is 6.44. The monoisotopic (exact) mass is 310 g/mol. The van der Waals surface area contributed by atoms with Gasteiger partial charge in [-0.1, -0.05) is 19.8 Å². The molecule has 9 heteroatoms. The molecular weight excluding hydrogens is 296 g/mol. The molecule has 0 fully saturated rings. The molecule has 0 spiro atoms. The van der Waals surface area contributed by atoms with Crippen molar-refractivity contribution < 1.29 is 14.8 Å². The Bertz CT molecular complexity index is 672. The van der Waals surface area contributed by atoms with E-state index in [1.54, 1.807) is 0 Å². The highest BCUT2D eigenvalue weighted by atomic mass is 32.1. The molecule has 2 heterocycles. The van der Waals surface area contributed by atoms with Crippen molar-refractivity contribution in [2.45, 2.75) is 32.2 Å². The molecule has 2 N–H and O–H groups in total. The second-order valence-corrected chi connectivity index (χ2v) is 5.47. The van der Waals surface area contributed by atoms with Crippen LogP contribution in [0.2, 0.25) is 0 Å². The van der Waals surface area contributed by atoms with E-state index in [0.717, 1.165) is 24.2 Å². The fourth-order valence-electron chi connectivity index (χ4n) is 1.88. The lowest BCUT2D eigenvalue weighted by Gasteiger charge is -2.14. The molecule has 0 bridgehead atoms. The number of carboxylic acid groups (broad SMARTS) is 1. The lowest BCUT2D eigenvalue weighted by Crippen LogP contribution is -2.29. The number of rotatable bonds is 7. The molecule has 0 radical (unpaired) electrons. The van der Waals surface area contributed by atoms with E-state index < -0.39 is 16.9 Å². The number of nitrogens with one attached hydrogen (secondary N) is 1. The van der Waals surface area contributed by atoms with Crippen LogP contribution in [0.25, 0.3) is 10.2 Å². The number of hydrogen-bond acceptors (Lipinski definition) is 7. The van der Waals surface area contributed by atoms with Crippen LogP contribution in [0.5, 0.6) is 0 Å². The first-order valence-electron chi connectivity index (χ1n) is 6.41. The molecule has 2 rings (SSSR count). The Balaban J connectivity index is 2.32. The molecule has 0 saturated carbocycles. The van der Waals surface area contributed by atoms with Crippen molar-refractivity contribution in [1.82, 2.24) is 9.97 Å². The molecule has 0 aliphatic carbocycles. The largest absolute Gasteiger partial charge is 0.480 e. The molecule has 112 valence electrons. The highest BCUT2D eigenvalue weighted by Gasteiger charge is 2.21. The van der Waals surface area contributed by atoms with E-state index in [-0.39, 0.29) is 5.00 Å². The second-order valence-electron chi connectivity index (χ2n) is 4.46. The van der Waals surface area contributed by atoms with Crippen molar-refractivity contribution in [3.63, 3.8) is 0 Å². The maximum Gasteiger partial charge on any atom is 0.326 e. The van der Waals surface area contributed by atoms with E-state index in [2.05, 4.69) is 15.3 Å². The summed E-state index contributed by atoms with van der Waals surface area (Å²) in [7, 11) is 0. The average molecular weight is 310 g/mol. The molecule has 0 amide bonds. The van der Waals surface area contributed by atoms with Crippen LogP contribution in [0.4, 0.5) is 10.8 Å².